The molecule has 0 aromatic carbocycles. The van der Waals surface area contributed by atoms with Gasteiger partial charge < -0.3 is 10.0 Å². The first-order valence-electron chi connectivity index (χ1n) is 5.74. The van der Waals surface area contributed by atoms with Gasteiger partial charge in [0, 0.05) is 13.6 Å². The summed E-state index contributed by atoms with van der Waals surface area (Å²) in [5, 5.41) is 9.71. The minimum atomic E-state index is -4.16. The molecule has 104 valence electrons. The van der Waals surface area contributed by atoms with Crippen molar-refractivity contribution in [3.8, 4) is 0 Å². The third kappa shape index (κ3) is 4.45. The third-order valence-corrected chi connectivity index (χ3v) is 3.65. The van der Waals surface area contributed by atoms with Crippen molar-refractivity contribution < 1.29 is 18.3 Å². The van der Waals surface area contributed by atoms with Crippen molar-refractivity contribution in [2.75, 3.05) is 18.5 Å². The number of hydrogen-bond acceptors (Lipinski definition) is 4. The van der Waals surface area contributed by atoms with Crippen LogP contribution in [0.4, 0.5) is 18.3 Å². The van der Waals surface area contributed by atoms with Crippen LogP contribution in [-0.2, 0) is 13.0 Å². The van der Waals surface area contributed by atoms with Crippen molar-refractivity contribution in [1.82, 2.24) is 4.98 Å². The molecule has 0 saturated heterocycles. The molecule has 0 unspecified atom stereocenters. The van der Waals surface area contributed by atoms with Crippen molar-refractivity contribution in [3.05, 3.63) is 10.6 Å². The molecule has 3 nitrogen and oxygen atoms in total. The van der Waals surface area contributed by atoms with Crippen molar-refractivity contribution in [1.29, 1.82) is 0 Å². The maximum Gasteiger partial charge on any atom is 0.390 e. The van der Waals surface area contributed by atoms with Gasteiger partial charge in [-0.05, 0) is 6.42 Å². The number of rotatable bonds is 6. The summed E-state index contributed by atoms with van der Waals surface area (Å²) >= 11 is 1.26. The Morgan fingerprint density at radius 1 is 1.39 bits per heavy atom. The number of halogens is 3. The van der Waals surface area contributed by atoms with Crippen molar-refractivity contribution in [2.45, 2.75) is 39.0 Å². The van der Waals surface area contributed by atoms with E-state index in [4.69, 9.17) is 0 Å². The van der Waals surface area contributed by atoms with E-state index in [1.807, 2.05) is 6.92 Å². The van der Waals surface area contributed by atoms with Gasteiger partial charge in [-0.1, -0.05) is 24.7 Å². The monoisotopic (exact) mass is 282 g/mol. The van der Waals surface area contributed by atoms with E-state index >= 15 is 0 Å². The summed E-state index contributed by atoms with van der Waals surface area (Å²) in [6, 6.07) is 0. The van der Waals surface area contributed by atoms with Crippen LogP contribution in [0.1, 0.15) is 30.3 Å². The molecule has 0 saturated carbocycles. The van der Waals surface area contributed by atoms with E-state index in [1.54, 1.807) is 7.05 Å². The van der Waals surface area contributed by atoms with Gasteiger partial charge in [0.1, 0.15) is 0 Å². The van der Waals surface area contributed by atoms with Gasteiger partial charge in [0.15, 0.2) is 5.13 Å². The minimum Gasteiger partial charge on any atom is -0.391 e. The Balaban J connectivity index is 2.70. The highest BCUT2D eigenvalue weighted by molar-refractivity contribution is 7.15. The van der Waals surface area contributed by atoms with E-state index in [0.717, 1.165) is 23.4 Å². The molecule has 0 bridgehead atoms. The Morgan fingerprint density at radius 2 is 2.06 bits per heavy atom. The lowest BCUT2D eigenvalue weighted by Crippen LogP contribution is -2.23. The van der Waals surface area contributed by atoms with E-state index in [-0.39, 0.29) is 13.2 Å². The maximum absolute atomic E-state index is 12.1. The number of aliphatic hydroxyl groups excluding tert-OH is 1. The molecule has 18 heavy (non-hydrogen) atoms. The average molecular weight is 282 g/mol. The van der Waals surface area contributed by atoms with E-state index < -0.39 is 12.6 Å². The Hall–Kier alpha value is -0.820. The van der Waals surface area contributed by atoms with Gasteiger partial charge in [0.2, 0.25) is 0 Å². The van der Waals surface area contributed by atoms with Crippen LogP contribution in [-0.4, -0.2) is 29.9 Å². The second kappa shape index (κ2) is 6.38. The molecule has 7 heteroatoms. The molecule has 0 aliphatic heterocycles. The molecule has 1 aromatic heterocycles. The number of aromatic nitrogens is 1. The van der Waals surface area contributed by atoms with E-state index in [9.17, 15) is 18.3 Å². The number of hydrogen-bond donors (Lipinski definition) is 1. The predicted molar refractivity (Wildman–Crippen MR) is 66.0 cm³/mol. The van der Waals surface area contributed by atoms with E-state index in [1.165, 1.54) is 16.2 Å². The smallest absolute Gasteiger partial charge is 0.390 e. The fourth-order valence-electron chi connectivity index (χ4n) is 1.48. The topological polar surface area (TPSA) is 36.4 Å². The van der Waals surface area contributed by atoms with Crippen molar-refractivity contribution >= 4 is 16.5 Å². The summed E-state index contributed by atoms with van der Waals surface area (Å²) < 4.78 is 36.4. The molecule has 1 rings (SSSR count). The normalized spacial score (nSPS) is 11.9. The average Bonchev–Trinajstić information content (AvgIpc) is 2.69. The van der Waals surface area contributed by atoms with Crippen LogP contribution in [0, 0.1) is 0 Å². The van der Waals surface area contributed by atoms with Crippen LogP contribution in [0.5, 0.6) is 0 Å². The van der Waals surface area contributed by atoms with Gasteiger partial charge in [-0.3, -0.25) is 0 Å². The zero-order valence-corrected chi connectivity index (χ0v) is 11.2. The third-order valence-electron chi connectivity index (χ3n) is 2.45. The largest absolute Gasteiger partial charge is 0.391 e. The molecule has 0 aliphatic rings. The lowest BCUT2D eigenvalue weighted by Gasteiger charge is -2.16. The van der Waals surface area contributed by atoms with Gasteiger partial charge in [-0.15, -0.1) is 0 Å². The summed E-state index contributed by atoms with van der Waals surface area (Å²) in [7, 11) is 1.58. The van der Waals surface area contributed by atoms with Gasteiger partial charge in [0.25, 0.3) is 0 Å². The SMILES string of the molecule is CCCc1nc(N(C)CCC(F)(F)F)sc1CO. The second-order valence-electron chi connectivity index (χ2n) is 4.06. The highest BCUT2D eigenvalue weighted by Gasteiger charge is 2.27. The minimum absolute atomic E-state index is 0.111. The Bertz CT molecular complexity index is 379. The predicted octanol–water partition coefficient (Wildman–Crippen LogP) is 2.98. The summed E-state index contributed by atoms with van der Waals surface area (Å²) in [5.74, 6) is 0. The molecule has 1 heterocycles. The standard InChI is InChI=1S/C11H17F3N2OS/c1-3-4-8-9(7-17)18-10(15-8)16(2)6-5-11(12,13)14/h17H,3-7H2,1-2H3. The summed E-state index contributed by atoms with van der Waals surface area (Å²) in [5.41, 5.74) is 0.791. The molecule has 0 radical (unpaired) electrons. The fraction of sp³-hybridized carbons (Fsp3) is 0.727. The molecule has 0 spiro atoms. The van der Waals surface area contributed by atoms with Gasteiger partial charge in [-0.25, -0.2) is 4.98 Å². The molecular weight excluding hydrogens is 265 g/mol. The molecule has 1 N–H and O–H groups in total. The highest BCUT2D eigenvalue weighted by Crippen LogP contribution is 2.28. The van der Waals surface area contributed by atoms with Crippen LogP contribution in [0.25, 0.3) is 0 Å². The number of aliphatic hydroxyl groups is 1. The summed E-state index contributed by atoms with van der Waals surface area (Å²) in [6.07, 6.45) is -3.39. The lowest BCUT2D eigenvalue weighted by atomic mass is 10.2. The van der Waals surface area contributed by atoms with E-state index in [2.05, 4.69) is 4.98 Å². The highest BCUT2D eigenvalue weighted by atomic mass is 32.1. The first kappa shape index (κ1) is 15.2. The van der Waals surface area contributed by atoms with Crippen LogP contribution < -0.4 is 4.90 Å². The van der Waals surface area contributed by atoms with Crippen LogP contribution >= 0.6 is 11.3 Å². The lowest BCUT2D eigenvalue weighted by molar-refractivity contribution is -0.132. The molecule has 0 amide bonds. The number of anilines is 1. The summed E-state index contributed by atoms with van der Waals surface area (Å²) in [6.45, 7) is 1.76. The van der Waals surface area contributed by atoms with Gasteiger partial charge in [-0.2, -0.15) is 13.2 Å². The van der Waals surface area contributed by atoms with Crippen molar-refractivity contribution in [3.63, 3.8) is 0 Å². The quantitative estimate of drug-likeness (QED) is 0.871. The maximum atomic E-state index is 12.1. The van der Waals surface area contributed by atoms with Crippen LogP contribution in [0.2, 0.25) is 0 Å². The van der Waals surface area contributed by atoms with E-state index in [0.29, 0.717) is 5.13 Å². The molecule has 1 aromatic rings. The Labute approximate surface area is 108 Å². The van der Waals surface area contributed by atoms with Gasteiger partial charge in [0.05, 0.1) is 23.6 Å². The fourth-order valence-corrected chi connectivity index (χ4v) is 2.43. The molecule has 0 fully saturated rings. The van der Waals surface area contributed by atoms with Gasteiger partial charge >= 0.3 is 6.18 Å². The first-order valence-corrected chi connectivity index (χ1v) is 6.56. The molecule has 0 aliphatic carbocycles. The molecular formula is C11H17F3N2OS. The van der Waals surface area contributed by atoms with Crippen LogP contribution in [0.3, 0.4) is 0 Å². The summed E-state index contributed by atoms with van der Waals surface area (Å²) in [4.78, 5) is 6.51. The van der Waals surface area contributed by atoms with Crippen LogP contribution in [0.15, 0.2) is 0 Å². The Kier molecular flexibility index (Phi) is 5.40. The zero-order valence-electron chi connectivity index (χ0n) is 10.4. The number of alkyl halides is 3. The number of thiazole rings is 1. The zero-order chi connectivity index (χ0) is 13.8. The second-order valence-corrected chi connectivity index (χ2v) is 5.12. The van der Waals surface area contributed by atoms with Crippen molar-refractivity contribution in [2.24, 2.45) is 0 Å². The first-order chi connectivity index (χ1) is 8.37. The number of nitrogens with zero attached hydrogens (tertiary/aromatic N) is 2. The number of aryl methyl sites for hydroxylation is 1. The Morgan fingerprint density at radius 3 is 2.56 bits per heavy atom. The molecule has 0 atom stereocenters.